The number of rotatable bonds is 6. The van der Waals surface area contributed by atoms with Gasteiger partial charge in [-0.2, -0.15) is 10.2 Å². The molecule has 0 saturated carbocycles. The van der Waals surface area contributed by atoms with Crippen LogP contribution in [0.2, 0.25) is 5.02 Å². The molecule has 0 bridgehead atoms. The van der Waals surface area contributed by atoms with Crippen LogP contribution in [-0.4, -0.2) is 11.8 Å². The summed E-state index contributed by atoms with van der Waals surface area (Å²) in [4.78, 5) is 4.14. The zero-order chi connectivity index (χ0) is 18.6. The van der Waals surface area contributed by atoms with Crippen molar-refractivity contribution in [3.05, 3.63) is 64.6 Å². The van der Waals surface area contributed by atoms with Gasteiger partial charge in [-0.3, -0.25) is 0 Å². The van der Waals surface area contributed by atoms with Gasteiger partial charge in [0.05, 0.1) is 0 Å². The van der Waals surface area contributed by atoms with Crippen molar-refractivity contribution >= 4 is 17.5 Å². The van der Waals surface area contributed by atoms with Crippen LogP contribution in [-0.2, 0) is 13.2 Å². The summed E-state index contributed by atoms with van der Waals surface area (Å²) in [6.45, 7) is 0.749. The Morgan fingerprint density at radius 2 is 2.07 bits per heavy atom. The highest BCUT2D eigenvalue weighted by atomic mass is 35.5. The first-order valence-corrected chi connectivity index (χ1v) is 8.49. The van der Waals surface area contributed by atoms with Crippen LogP contribution >= 0.6 is 11.6 Å². The van der Waals surface area contributed by atoms with Crippen LogP contribution in [0.5, 0.6) is 17.2 Å². The van der Waals surface area contributed by atoms with Crippen molar-refractivity contribution in [1.29, 1.82) is 5.26 Å². The zero-order valence-corrected chi connectivity index (χ0v) is 14.8. The van der Waals surface area contributed by atoms with E-state index in [1.54, 1.807) is 24.3 Å². The number of benzene rings is 2. The van der Waals surface area contributed by atoms with Gasteiger partial charge in [-0.05, 0) is 35.9 Å². The van der Waals surface area contributed by atoms with Crippen LogP contribution in [0.4, 0.5) is 5.88 Å². The molecule has 0 fully saturated rings. The fraction of sp³-hybridized carbons (Fsp3) is 0.158. The minimum absolute atomic E-state index is 0.0841. The van der Waals surface area contributed by atoms with Crippen LogP contribution in [0.3, 0.4) is 0 Å². The summed E-state index contributed by atoms with van der Waals surface area (Å²) in [5.41, 5.74) is 1.12. The maximum atomic E-state index is 9.27. The van der Waals surface area contributed by atoms with E-state index < -0.39 is 0 Å². The fourth-order valence-corrected chi connectivity index (χ4v) is 2.74. The maximum Gasteiger partial charge on any atom is 0.236 e. The average molecular weight is 384 g/mol. The Morgan fingerprint density at radius 3 is 2.93 bits per heavy atom. The molecule has 27 heavy (non-hydrogen) atoms. The Labute approximate surface area is 160 Å². The van der Waals surface area contributed by atoms with Gasteiger partial charge in [0.1, 0.15) is 11.8 Å². The summed E-state index contributed by atoms with van der Waals surface area (Å²) in [5, 5.41) is 12.9. The molecule has 1 N–H and O–H groups in total. The highest BCUT2D eigenvalue weighted by Gasteiger charge is 2.16. The van der Waals surface area contributed by atoms with Gasteiger partial charge < -0.3 is 23.9 Å². The molecule has 0 saturated heterocycles. The summed E-state index contributed by atoms with van der Waals surface area (Å²) in [5.74, 6) is 2.59. The van der Waals surface area contributed by atoms with Crippen molar-refractivity contribution in [3.8, 4) is 23.3 Å². The van der Waals surface area contributed by atoms with Gasteiger partial charge in [0.2, 0.25) is 24.3 Å². The van der Waals surface area contributed by atoms with Gasteiger partial charge in [0.15, 0.2) is 18.1 Å². The second kappa shape index (κ2) is 7.48. The van der Waals surface area contributed by atoms with E-state index in [1.165, 1.54) is 0 Å². The minimum Gasteiger partial charge on any atom is -0.484 e. The molecule has 136 valence electrons. The van der Waals surface area contributed by atoms with Gasteiger partial charge in [-0.1, -0.05) is 23.7 Å². The molecule has 0 aliphatic carbocycles. The van der Waals surface area contributed by atoms with E-state index in [-0.39, 0.29) is 19.1 Å². The number of hydrogen-bond donors (Lipinski definition) is 1. The van der Waals surface area contributed by atoms with Crippen molar-refractivity contribution in [2.24, 2.45) is 0 Å². The Balaban J connectivity index is 1.41. The number of oxazole rings is 1. The highest BCUT2D eigenvalue weighted by molar-refractivity contribution is 6.30. The quantitative estimate of drug-likeness (QED) is 0.684. The molecular weight excluding hydrogens is 370 g/mol. The lowest BCUT2D eigenvalue weighted by Crippen LogP contribution is -2.00. The summed E-state index contributed by atoms with van der Waals surface area (Å²) < 4.78 is 21.9. The molecular formula is C19H14ClN3O4. The molecule has 2 aromatic carbocycles. The molecule has 0 radical (unpaired) electrons. The highest BCUT2D eigenvalue weighted by Crippen LogP contribution is 2.32. The Bertz CT molecular complexity index is 1010. The molecule has 1 aromatic heterocycles. The molecule has 0 atom stereocenters. The summed E-state index contributed by atoms with van der Waals surface area (Å²) >= 11 is 5.92. The van der Waals surface area contributed by atoms with Crippen LogP contribution in [0.25, 0.3) is 0 Å². The lowest BCUT2D eigenvalue weighted by atomic mass is 10.2. The number of aromatic nitrogens is 1. The predicted molar refractivity (Wildman–Crippen MR) is 96.9 cm³/mol. The van der Waals surface area contributed by atoms with E-state index in [1.807, 2.05) is 24.3 Å². The topological polar surface area (TPSA) is 89.5 Å². The predicted octanol–water partition coefficient (Wildman–Crippen LogP) is 4.12. The Kier molecular flexibility index (Phi) is 4.73. The van der Waals surface area contributed by atoms with Crippen molar-refractivity contribution in [2.75, 3.05) is 12.1 Å². The first kappa shape index (κ1) is 17.1. The molecule has 0 unspecified atom stereocenters. The van der Waals surface area contributed by atoms with E-state index in [9.17, 15) is 5.26 Å². The fourth-order valence-electron chi connectivity index (χ4n) is 2.56. The SMILES string of the molecule is N#Cc1nc(COc2cccc(Cl)c2)oc1NCc1ccc2c(c1)OCO2. The Morgan fingerprint density at radius 1 is 1.19 bits per heavy atom. The second-order valence-corrected chi connectivity index (χ2v) is 6.12. The summed E-state index contributed by atoms with van der Waals surface area (Å²) in [7, 11) is 0. The number of hydrogen-bond acceptors (Lipinski definition) is 7. The van der Waals surface area contributed by atoms with E-state index in [4.69, 9.17) is 30.2 Å². The first-order valence-electron chi connectivity index (χ1n) is 8.12. The van der Waals surface area contributed by atoms with Crippen LogP contribution < -0.4 is 19.5 Å². The van der Waals surface area contributed by atoms with Crippen LogP contribution in [0.1, 0.15) is 17.1 Å². The van der Waals surface area contributed by atoms with Crippen molar-refractivity contribution in [1.82, 2.24) is 4.98 Å². The van der Waals surface area contributed by atoms with Gasteiger partial charge in [0, 0.05) is 11.6 Å². The molecule has 0 spiro atoms. The number of nitrogens with zero attached hydrogens (tertiary/aromatic N) is 2. The van der Waals surface area contributed by atoms with E-state index in [0.29, 0.717) is 34.8 Å². The third kappa shape index (κ3) is 3.91. The lowest BCUT2D eigenvalue weighted by Gasteiger charge is -2.05. The van der Waals surface area contributed by atoms with E-state index >= 15 is 0 Å². The average Bonchev–Trinajstić information content (AvgIpc) is 3.30. The number of fused-ring (bicyclic) bond motifs is 1. The third-order valence-electron chi connectivity index (χ3n) is 3.83. The number of nitriles is 1. The molecule has 4 rings (SSSR count). The molecule has 2 heterocycles. The normalized spacial score (nSPS) is 11.9. The number of anilines is 1. The van der Waals surface area contributed by atoms with Gasteiger partial charge in [0.25, 0.3) is 0 Å². The molecule has 0 amide bonds. The largest absolute Gasteiger partial charge is 0.484 e. The Hall–Kier alpha value is -3.37. The first-order chi connectivity index (χ1) is 13.2. The van der Waals surface area contributed by atoms with Crippen molar-refractivity contribution in [3.63, 3.8) is 0 Å². The van der Waals surface area contributed by atoms with Crippen LogP contribution in [0.15, 0.2) is 46.9 Å². The van der Waals surface area contributed by atoms with Crippen molar-refractivity contribution < 1.29 is 18.6 Å². The zero-order valence-electron chi connectivity index (χ0n) is 14.1. The monoisotopic (exact) mass is 383 g/mol. The summed E-state index contributed by atoms with van der Waals surface area (Å²) in [6, 6.07) is 14.6. The second-order valence-electron chi connectivity index (χ2n) is 5.68. The van der Waals surface area contributed by atoms with Crippen LogP contribution in [0, 0.1) is 11.3 Å². The number of ether oxygens (including phenoxy) is 3. The summed E-state index contributed by atoms with van der Waals surface area (Å²) in [6.07, 6.45) is 0. The maximum absolute atomic E-state index is 9.27. The molecule has 1 aliphatic heterocycles. The standard InChI is InChI=1S/C19H14ClN3O4/c20-13-2-1-3-14(7-13)24-10-18-23-15(8-21)19(27-18)22-9-12-4-5-16-17(6-12)26-11-25-16/h1-7,22H,9-11H2. The van der Waals surface area contributed by atoms with Gasteiger partial charge in [-0.25, -0.2) is 0 Å². The number of halogens is 1. The molecule has 1 aliphatic rings. The third-order valence-corrected chi connectivity index (χ3v) is 4.06. The lowest BCUT2D eigenvalue weighted by molar-refractivity contribution is 0.174. The van der Waals surface area contributed by atoms with E-state index in [0.717, 1.165) is 11.3 Å². The van der Waals surface area contributed by atoms with E-state index in [2.05, 4.69) is 10.3 Å². The van der Waals surface area contributed by atoms with Gasteiger partial charge in [-0.15, -0.1) is 0 Å². The van der Waals surface area contributed by atoms with Gasteiger partial charge >= 0.3 is 0 Å². The smallest absolute Gasteiger partial charge is 0.236 e. The minimum atomic E-state index is 0.0841. The molecule has 7 nitrogen and oxygen atoms in total. The molecule has 3 aromatic rings. The number of nitrogens with one attached hydrogen (secondary N) is 1. The van der Waals surface area contributed by atoms with Crippen molar-refractivity contribution in [2.45, 2.75) is 13.2 Å². The molecule has 8 heteroatoms.